The van der Waals surface area contributed by atoms with Crippen molar-refractivity contribution in [2.45, 2.75) is 51.5 Å². The Morgan fingerprint density at radius 3 is 2.59 bits per heavy atom. The molecule has 2 heterocycles. The van der Waals surface area contributed by atoms with E-state index in [1.54, 1.807) is 0 Å². The summed E-state index contributed by atoms with van der Waals surface area (Å²) in [7, 11) is 0. The lowest BCUT2D eigenvalue weighted by atomic mass is 10.1. The first-order chi connectivity index (χ1) is 15.4. The van der Waals surface area contributed by atoms with E-state index in [1.807, 2.05) is 0 Å². The number of imide groups is 1. The number of nitrogens with one attached hydrogen (secondary N) is 2. The van der Waals surface area contributed by atoms with Crippen LogP contribution in [0.4, 0.5) is 9.93 Å². The molecule has 1 saturated heterocycles. The Labute approximate surface area is 195 Å². The number of halogens is 1. The number of amides is 5. The molecule has 176 valence electrons. The van der Waals surface area contributed by atoms with Crippen molar-refractivity contribution in [2.75, 3.05) is 30.8 Å². The van der Waals surface area contributed by atoms with Gasteiger partial charge in [0.15, 0.2) is 5.13 Å². The van der Waals surface area contributed by atoms with E-state index in [0.29, 0.717) is 12.8 Å². The van der Waals surface area contributed by atoms with Gasteiger partial charge in [-0.05, 0) is 6.42 Å². The molecule has 1 aromatic heterocycles. The number of urea groups is 1. The number of aldehydes is 1. The summed E-state index contributed by atoms with van der Waals surface area (Å²) >= 11 is 6.49. The van der Waals surface area contributed by atoms with Crippen LogP contribution in [0.2, 0.25) is 0 Å². The Kier molecular flexibility index (Phi) is 10.5. The minimum Gasteiger partial charge on any atom is -0.333 e. The molecule has 10 nitrogen and oxygen atoms in total. The molecule has 5 amide bonds. The summed E-state index contributed by atoms with van der Waals surface area (Å²) < 4.78 is 0. The van der Waals surface area contributed by atoms with Gasteiger partial charge in [0.1, 0.15) is 18.2 Å². The molecule has 1 aliphatic heterocycles. The zero-order chi connectivity index (χ0) is 23.5. The van der Waals surface area contributed by atoms with Crippen molar-refractivity contribution < 1.29 is 24.0 Å². The fourth-order valence-corrected chi connectivity index (χ4v) is 4.02. The third kappa shape index (κ3) is 7.27. The van der Waals surface area contributed by atoms with Gasteiger partial charge >= 0.3 is 17.8 Å². The number of hydrogen-bond donors (Lipinski definition) is 2. The largest absolute Gasteiger partial charge is 0.333 e. The molecule has 12 heteroatoms. The maximum atomic E-state index is 12.5. The molecule has 1 fully saturated rings. The second kappa shape index (κ2) is 13.1. The number of carbonyl (C=O) groups is 5. The number of carbonyl (C=O) groups excluding carboxylic acids is 5. The lowest BCUT2D eigenvalue weighted by Crippen LogP contribution is -2.58. The fraction of sp³-hybridized carbons (Fsp3) is 0.600. The molecule has 0 aliphatic carbocycles. The van der Waals surface area contributed by atoms with Crippen LogP contribution in [-0.2, 0) is 19.2 Å². The number of unbranched alkanes of at least 4 members (excludes halogenated alkanes) is 5. The minimum atomic E-state index is -1.13. The maximum Gasteiger partial charge on any atom is 0.325 e. The zero-order valence-electron chi connectivity index (χ0n) is 18.0. The number of nitrogens with zero attached hydrogens (tertiary/aromatic N) is 3. The number of hydrogen-bond acceptors (Lipinski definition) is 7. The van der Waals surface area contributed by atoms with Crippen LogP contribution in [0.25, 0.3) is 0 Å². The van der Waals surface area contributed by atoms with Crippen molar-refractivity contribution in [3.8, 4) is 0 Å². The molecule has 0 aromatic carbocycles. The second-order valence-corrected chi connectivity index (χ2v) is 8.46. The van der Waals surface area contributed by atoms with Gasteiger partial charge < -0.3 is 20.3 Å². The van der Waals surface area contributed by atoms with Crippen LogP contribution >= 0.6 is 22.9 Å². The molecular formula is C20H28ClN5O5S. The molecular weight excluding hydrogens is 458 g/mol. The molecule has 0 saturated carbocycles. The van der Waals surface area contributed by atoms with Crippen molar-refractivity contribution in [1.82, 2.24) is 20.1 Å². The highest BCUT2D eigenvalue weighted by molar-refractivity contribution is 7.14. The van der Waals surface area contributed by atoms with Crippen LogP contribution in [0.15, 0.2) is 5.38 Å². The van der Waals surface area contributed by atoms with Crippen molar-refractivity contribution in [3.05, 3.63) is 11.1 Å². The van der Waals surface area contributed by atoms with Crippen LogP contribution in [0.1, 0.15) is 57.2 Å². The first-order valence-corrected chi connectivity index (χ1v) is 12.0. The summed E-state index contributed by atoms with van der Waals surface area (Å²) in [6, 6.07) is -1.98. The highest BCUT2D eigenvalue weighted by Gasteiger charge is 2.36. The van der Waals surface area contributed by atoms with Crippen molar-refractivity contribution in [3.63, 3.8) is 0 Å². The van der Waals surface area contributed by atoms with Gasteiger partial charge in [-0.15, -0.1) is 22.9 Å². The van der Waals surface area contributed by atoms with Gasteiger partial charge in [-0.3, -0.25) is 19.3 Å². The first-order valence-electron chi connectivity index (χ1n) is 10.6. The minimum absolute atomic E-state index is 0.0475. The first kappa shape index (κ1) is 25.7. The van der Waals surface area contributed by atoms with E-state index in [4.69, 9.17) is 11.6 Å². The Hall–Kier alpha value is -2.53. The average Bonchev–Trinajstić information content (AvgIpc) is 3.25. The van der Waals surface area contributed by atoms with Crippen LogP contribution in [0.5, 0.6) is 0 Å². The number of aromatic nitrogens is 1. The van der Waals surface area contributed by atoms with Crippen LogP contribution in [0, 0.1) is 0 Å². The van der Waals surface area contributed by atoms with E-state index in [1.165, 1.54) is 16.7 Å². The van der Waals surface area contributed by atoms with Gasteiger partial charge in [0.2, 0.25) is 5.91 Å². The van der Waals surface area contributed by atoms with Crippen molar-refractivity contribution >= 4 is 58.1 Å². The number of alkyl halides is 1. The summed E-state index contributed by atoms with van der Waals surface area (Å²) in [6.07, 6.45) is 6.88. The third-order valence-electron chi connectivity index (χ3n) is 4.96. The predicted molar refractivity (Wildman–Crippen MR) is 120 cm³/mol. The maximum absolute atomic E-state index is 12.5. The molecule has 1 aromatic rings. The molecule has 2 rings (SSSR count). The normalized spacial score (nSPS) is 14.9. The standard InChI is InChI=1S/C20H28ClN5O5S/c1-2-3-4-5-6-7-8-25-9-10-26(18(30)17(25)29)20(31)23-14(12-27)15-13-32-19(22-15)24-16(28)11-21/h12-14H,2-11H2,1H3,(H,23,31)(H,22,24,28). The summed E-state index contributed by atoms with van der Waals surface area (Å²) in [5.41, 5.74) is 0.198. The van der Waals surface area contributed by atoms with Crippen LogP contribution in [-0.4, -0.2) is 70.3 Å². The van der Waals surface area contributed by atoms with Crippen molar-refractivity contribution in [2.24, 2.45) is 0 Å². The second-order valence-electron chi connectivity index (χ2n) is 7.34. The van der Waals surface area contributed by atoms with Gasteiger partial charge in [0.05, 0.1) is 5.69 Å². The molecule has 32 heavy (non-hydrogen) atoms. The van der Waals surface area contributed by atoms with E-state index in [2.05, 4.69) is 22.5 Å². The van der Waals surface area contributed by atoms with E-state index in [9.17, 15) is 24.0 Å². The number of rotatable bonds is 12. The monoisotopic (exact) mass is 485 g/mol. The molecule has 2 N–H and O–H groups in total. The Bertz CT molecular complexity index is 833. The van der Waals surface area contributed by atoms with E-state index >= 15 is 0 Å². The summed E-state index contributed by atoms with van der Waals surface area (Å²) in [6.45, 7) is 2.93. The SMILES string of the molecule is CCCCCCCCN1CCN(C(=O)NC(C=O)c2csc(NC(=O)CCl)n2)C(=O)C1=O. The lowest BCUT2D eigenvalue weighted by molar-refractivity contribution is -0.153. The molecule has 1 atom stereocenters. The molecule has 0 bridgehead atoms. The van der Waals surface area contributed by atoms with E-state index in [0.717, 1.165) is 48.3 Å². The summed E-state index contributed by atoms with van der Waals surface area (Å²) in [5.74, 6) is -2.34. The lowest BCUT2D eigenvalue weighted by Gasteiger charge is -2.33. The van der Waals surface area contributed by atoms with Gasteiger partial charge in [0, 0.05) is 25.0 Å². The van der Waals surface area contributed by atoms with E-state index < -0.39 is 29.8 Å². The number of piperazine rings is 1. The van der Waals surface area contributed by atoms with Gasteiger partial charge in [-0.2, -0.15) is 0 Å². The fourth-order valence-electron chi connectivity index (χ4n) is 3.19. The quantitative estimate of drug-likeness (QED) is 0.202. The van der Waals surface area contributed by atoms with E-state index in [-0.39, 0.29) is 29.8 Å². The Morgan fingerprint density at radius 1 is 1.19 bits per heavy atom. The Balaban J connectivity index is 1.87. The molecule has 1 aliphatic rings. The zero-order valence-corrected chi connectivity index (χ0v) is 19.5. The predicted octanol–water partition coefficient (Wildman–Crippen LogP) is 2.30. The smallest absolute Gasteiger partial charge is 0.325 e. The highest BCUT2D eigenvalue weighted by Crippen LogP contribution is 2.20. The number of thiazole rings is 1. The van der Waals surface area contributed by atoms with Crippen LogP contribution in [0.3, 0.4) is 0 Å². The van der Waals surface area contributed by atoms with Gasteiger partial charge in [-0.1, -0.05) is 39.0 Å². The van der Waals surface area contributed by atoms with Crippen LogP contribution < -0.4 is 10.6 Å². The number of anilines is 1. The van der Waals surface area contributed by atoms with Gasteiger partial charge in [0.25, 0.3) is 0 Å². The Morgan fingerprint density at radius 2 is 1.91 bits per heavy atom. The third-order valence-corrected chi connectivity index (χ3v) is 5.98. The van der Waals surface area contributed by atoms with Gasteiger partial charge in [-0.25, -0.2) is 9.78 Å². The molecule has 0 spiro atoms. The highest BCUT2D eigenvalue weighted by atomic mass is 35.5. The average molecular weight is 486 g/mol. The summed E-state index contributed by atoms with van der Waals surface area (Å²) in [5, 5.41) is 6.57. The molecule has 1 unspecified atom stereocenters. The summed E-state index contributed by atoms with van der Waals surface area (Å²) in [4.78, 5) is 66.5. The van der Waals surface area contributed by atoms with Crippen molar-refractivity contribution in [1.29, 1.82) is 0 Å². The molecule has 0 radical (unpaired) electrons. The topological polar surface area (TPSA) is 129 Å².